The van der Waals surface area contributed by atoms with Gasteiger partial charge in [-0.05, 0) is 74.2 Å². The van der Waals surface area contributed by atoms with Gasteiger partial charge in [-0.2, -0.15) is 0 Å². The van der Waals surface area contributed by atoms with Gasteiger partial charge in [-0.3, -0.25) is 23.2 Å². The molecule has 0 aromatic heterocycles. The van der Waals surface area contributed by atoms with Crippen molar-refractivity contribution in [1.82, 2.24) is 0 Å². The van der Waals surface area contributed by atoms with Crippen LogP contribution in [-0.4, -0.2) is 22.8 Å². The third-order valence-corrected chi connectivity index (χ3v) is 7.00. The summed E-state index contributed by atoms with van der Waals surface area (Å²) in [6.45, 7) is 6.88. The number of carbonyl (C=O) groups is 2. The average Bonchev–Trinajstić information content (AvgIpc) is 2.81. The van der Waals surface area contributed by atoms with Crippen molar-refractivity contribution in [2.24, 2.45) is 0 Å². The van der Waals surface area contributed by atoms with Crippen LogP contribution in [0.3, 0.4) is 0 Å². The van der Waals surface area contributed by atoms with E-state index in [0.29, 0.717) is 0 Å². The van der Waals surface area contributed by atoms with Crippen molar-refractivity contribution in [3.8, 4) is 0 Å². The van der Waals surface area contributed by atoms with Gasteiger partial charge in [-0.25, -0.2) is 8.78 Å². The molecule has 0 aliphatic carbocycles. The smallest absolute Gasteiger partial charge is 0.296 e. The summed E-state index contributed by atoms with van der Waals surface area (Å²) in [4.78, 5) is 26.3. The molecule has 0 spiro atoms. The van der Waals surface area contributed by atoms with Crippen molar-refractivity contribution >= 4 is 19.8 Å². The van der Waals surface area contributed by atoms with Crippen molar-refractivity contribution in [2.45, 2.75) is 64.6 Å². The Balaban J connectivity index is 2.29. The van der Waals surface area contributed by atoms with Crippen molar-refractivity contribution in [1.29, 1.82) is 0 Å². The Bertz CT molecular complexity index is 872. The van der Waals surface area contributed by atoms with E-state index < -0.39 is 42.7 Å². The Morgan fingerprint density at radius 2 is 0.969 bits per heavy atom. The van der Waals surface area contributed by atoms with Crippen LogP contribution in [0.1, 0.15) is 74.1 Å². The largest absolute Gasteiger partial charge is 0.321 e. The minimum atomic E-state index is -3.31. The van der Waals surface area contributed by atoms with Crippen LogP contribution in [0.4, 0.5) is 8.78 Å². The molecule has 0 saturated heterocycles. The molecule has 0 saturated carbocycles. The van der Waals surface area contributed by atoms with Crippen LogP contribution in [0.25, 0.3) is 0 Å². The molecule has 2 rings (SSSR count). The van der Waals surface area contributed by atoms with Gasteiger partial charge < -0.3 is 0 Å². The molecule has 0 amide bonds. The molecule has 0 N–H and O–H groups in total. The maximum Gasteiger partial charge on any atom is 0.321 e. The molecule has 0 unspecified atom stereocenters. The molecule has 5 nitrogen and oxygen atoms in total. The number of rotatable bonds is 12. The van der Waals surface area contributed by atoms with E-state index in [1.54, 1.807) is 27.7 Å². The maximum absolute atomic E-state index is 13.3. The fourth-order valence-corrected chi connectivity index (χ4v) is 5.03. The predicted octanol–water partition coefficient (Wildman–Crippen LogP) is 6.57. The molecule has 174 valence electrons. The van der Waals surface area contributed by atoms with E-state index in [2.05, 4.69) is 0 Å². The van der Waals surface area contributed by atoms with E-state index in [1.807, 2.05) is 0 Å². The lowest BCUT2D eigenvalue weighted by atomic mass is 9.88. The van der Waals surface area contributed by atoms with Crippen LogP contribution in [0.5, 0.6) is 0 Å². The van der Waals surface area contributed by atoms with Gasteiger partial charge in [0, 0.05) is 11.1 Å². The summed E-state index contributed by atoms with van der Waals surface area (Å²) < 4.78 is 51.0. The second-order valence-corrected chi connectivity index (χ2v) is 8.44. The molecular formula is C24H29F2O5P. The Labute approximate surface area is 188 Å². The summed E-state index contributed by atoms with van der Waals surface area (Å²) in [5.74, 6) is -1.83. The maximum atomic E-state index is 13.3. The molecule has 32 heavy (non-hydrogen) atoms. The Kier molecular flexibility index (Phi) is 9.02. The summed E-state index contributed by atoms with van der Waals surface area (Å²) in [7, 11) is -3.31. The monoisotopic (exact) mass is 466 g/mol. The SMILES string of the molecule is CCC(CC)(O[PH](=O)OC(CC)(CC)C(=O)c1ccc(F)cc1)C(=O)c1ccc(F)cc1. The highest BCUT2D eigenvalue weighted by Gasteiger charge is 2.43. The zero-order chi connectivity index (χ0) is 23.9. The van der Waals surface area contributed by atoms with Crippen LogP contribution in [0.15, 0.2) is 48.5 Å². The van der Waals surface area contributed by atoms with Gasteiger partial charge in [0.05, 0.1) is 0 Å². The number of Topliss-reactive ketones (excluding diaryl/α,β-unsaturated/α-hetero) is 2. The molecule has 0 heterocycles. The van der Waals surface area contributed by atoms with Gasteiger partial charge in [0.25, 0.3) is 0 Å². The van der Waals surface area contributed by atoms with Crippen LogP contribution in [0.2, 0.25) is 0 Å². The molecule has 0 aliphatic heterocycles. The number of benzene rings is 2. The van der Waals surface area contributed by atoms with E-state index in [-0.39, 0.29) is 36.8 Å². The lowest BCUT2D eigenvalue weighted by molar-refractivity contribution is 0.0104. The standard InChI is InChI=1S/C24H29F2O5P/c1-5-23(6-2,21(27)17-9-13-19(25)14-10-17)30-32(29)31-24(7-3,8-4)22(28)18-11-15-20(26)16-12-18/h9-16,32H,5-8H2,1-4H3. The molecule has 0 atom stereocenters. The van der Waals surface area contributed by atoms with Gasteiger partial charge >= 0.3 is 8.25 Å². The van der Waals surface area contributed by atoms with E-state index in [1.165, 1.54) is 48.5 Å². The molecular weight excluding hydrogens is 437 g/mol. The molecule has 2 aromatic rings. The van der Waals surface area contributed by atoms with Gasteiger partial charge in [0.1, 0.15) is 22.8 Å². The highest BCUT2D eigenvalue weighted by Crippen LogP contribution is 2.43. The predicted molar refractivity (Wildman–Crippen MR) is 119 cm³/mol. The van der Waals surface area contributed by atoms with Gasteiger partial charge in [0.15, 0.2) is 11.6 Å². The highest BCUT2D eigenvalue weighted by molar-refractivity contribution is 7.33. The molecule has 0 fully saturated rings. The normalized spacial score (nSPS) is 12.2. The first-order valence-corrected chi connectivity index (χ1v) is 11.9. The molecule has 8 heteroatoms. The van der Waals surface area contributed by atoms with E-state index >= 15 is 0 Å². The van der Waals surface area contributed by atoms with Gasteiger partial charge in [-0.1, -0.05) is 27.7 Å². The third-order valence-electron chi connectivity index (χ3n) is 5.88. The number of halogens is 2. The van der Waals surface area contributed by atoms with E-state index in [4.69, 9.17) is 9.05 Å². The first-order chi connectivity index (χ1) is 15.2. The second-order valence-electron chi connectivity index (χ2n) is 7.53. The second kappa shape index (κ2) is 11.1. The average molecular weight is 466 g/mol. The summed E-state index contributed by atoms with van der Waals surface area (Å²) in [6, 6.07) is 10.1. The van der Waals surface area contributed by atoms with Crippen LogP contribution in [0, 0.1) is 11.6 Å². The summed E-state index contributed by atoms with van der Waals surface area (Å²) in [6.07, 6.45) is 0.820. The number of ketones is 2. The minimum absolute atomic E-state index is 0.205. The summed E-state index contributed by atoms with van der Waals surface area (Å²) >= 11 is 0. The number of hydrogen-bond donors (Lipinski definition) is 0. The van der Waals surface area contributed by atoms with E-state index in [0.717, 1.165) is 0 Å². The Morgan fingerprint density at radius 1 is 0.688 bits per heavy atom. The van der Waals surface area contributed by atoms with Crippen LogP contribution < -0.4 is 0 Å². The number of carbonyl (C=O) groups excluding carboxylic acids is 2. The van der Waals surface area contributed by atoms with Crippen LogP contribution in [-0.2, 0) is 13.6 Å². The summed E-state index contributed by atoms with van der Waals surface area (Å²) in [5, 5.41) is 0. The highest BCUT2D eigenvalue weighted by atomic mass is 31.1. The molecule has 0 aliphatic rings. The van der Waals surface area contributed by atoms with Crippen molar-refractivity contribution < 1.29 is 32.0 Å². The zero-order valence-corrected chi connectivity index (χ0v) is 19.7. The molecule has 0 radical (unpaired) electrons. The van der Waals surface area contributed by atoms with E-state index in [9.17, 15) is 22.9 Å². The first-order valence-electron chi connectivity index (χ1n) is 10.7. The lowest BCUT2D eigenvalue weighted by Crippen LogP contribution is -2.42. The van der Waals surface area contributed by atoms with Gasteiger partial charge in [0.2, 0.25) is 0 Å². The Morgan fingerprint density at radius 3 is 1.22 bits per heavy atom. The topological polar surface area (TPSA) is 69.7 Å². The molecule has 0 bridgehead atoms. The van der Waals surface area contributed by atoms with Crippen LogP contribution >= 0.6 is 8.25 Å². The zero-order valence-electron chi connectivity index (χ0n) is 18.7. The van der Waals surface area contributed by atoms with Crippen molar-refractivity contribution in [2.75, 3.05) is 0 Å². The lowest BCUT2D eigenvalue weighted by Gasteiger charge is -2.34. The quantitative estimate of drug-likeness (QED) is 0.261. The first kappa shape index (κ1) is 26.0. The fraction of sp³-hybridized carbons (Fsp3) is 0.417. The Hall–Kier alpha value is -2.21. The third kappa shape index (κ3) is 5.58. The van der Waals surface area contributed by atoms with Gasteiger partial charge in [-0.15, -0.1) is 0 Å². The van der Waals surface area contributed by atoms with Crippen molar-refractivity contribution in [3.63, 3.8) is 0 Å². The summed E-state index contributed by atoms with van der Waals surface area (Å²) in [5.41, 5.74) is -2.44. The number of hydrogen-bond acceptors (Lipinski definition) is 5. The fourth-order valence-electron chi connectivity index (χ4n) is 3.59. The van der Waals surface area contributed by atoms with Crippen molar-refractivity contribution in [3.05, 3.63) is 71.3 Å². The minimum Gasteiger partial charge on any atom is -0.296 e. The molecule has 2 aromatic carbocycles.